The van der Waals surface area contributed by atoms with Crippen LogP contribution in [0.15, 0.2) is 10.9 Å². The van der Waals surface area contributed by atoms with Crippen LogP contribution in [0.2, 0.25) is 0 Å². The molecule has 0 bridgehead atoms. The van der Waals surface area contributed by atoms with Crippen LogP contribution in [0.5, 0.6) is 0 Å². The van der Waals surface area contributed by atoms with Crippen LogP contribution in [-0.4, -0.2) is 22.5 Å². The third-order valence-electron chi connectivity index (χ3n) is 2.26. The topological polar surface area (TPSA) is 72.1 Å². The number of rotatable bonds is 3. The summed E-state index contributed by atoms with van der Waals surface area (Å²) in [6.07, 6.45) is 0.651. The fourth-order valence-corrected chi connectivity index (χ4v) is 2.39. The highest BCUT2D eigenvalue weighted by Gasteiger charge is 2.14. The van der Waals surface area contributed by atoms with E-state index in [0.717, 1.165) is 0 Å². The van der Waals surface area contributed by atoms with Crippen molar-refractivity contribution in [2.24, 2.45) is 0 Å². The van der Waals surface area contributed by atoms with Gasteiger partial charge in [0.25, 0.3) is 5.56 Å². The van der Waals surface area contributed by atoms with Crippen LogP contribution < -0.4 is 5.56 Å². The maximum absolute atomic E-state index is 11.7. The molecular weight excluding hydrogens is 240 g/mol. The van der Waals surface area contributed by atoms with Crippen LogP contribution in [0, 0.1) is 0 Å². The van der Waals surface area contributed by atoms with Gasteiger partial charge >= 0.3 is 5.97 Å². The minimum absolute atomic E-state index is 0.210. The molecular formula is C11H12N2O3S. The second kappa shape index (κ2) is 4.67. The predicted molar refractivity (Wildman–Crippen MR) is 65.6 cm³/mol. The first-order chi connectivity index (χ1) is 8.15. The van der Waals surface area contributed by atoms with E-state index in [1.807, 2.05) is 6.92 Å². The number of esters is 1. The summed E-state index contributed by atoms with van der Waals surface area (Å²) in [5.74, 6) is 0.215. The molecule has 0 saturated carbocycles. The number of fused-ring (bicyclic) bond motifs is 1. The lowest BCUT2D eigenvalue weighted by Gasteiger charge is -1.95. The molecule has 2 aromatic heterocycles. The van der Waals surface area contributed by atoms with Gasteiger partial charge in [0.15, 0.2) is 0 Å². The molecule has 0 radical (unpaired) electrons. The normalized spacial score (nSPS) is 10.7. The fourth-order valence-electron chi connectivity index (χ4n) is 1.45. The number of nitrogens with zero attached hydrogens (tertiary/aromatic N) is 1. The largest absolute Gasteiger partial charge is 0.462 e. The molecule has 2 heterocycles. The van der Waals surface area contributed by atoms with Crippen LogP contribution >= 0.6 is 11.3 Å². The number of carbonyl (C=O) groups excluding carboxylic acids is 1. The molecule has 0 aromatic carbocycles. The average molecular weight is 252 g/mol. The van der Waals surface area contributed by atoms with Gasteiger partial charge in [0.2, 0.25) is 0 Å². The molecule has 0 unspecified atom stereocenters. The second-order valence-corrected chi connectivity index (χ2v) is 4.45. The van der Waals surface area contributed by atoms with Crippen molar-refractivity contribution in [1.82, 2.24) is 9.97 Å². The second-order valence-electron chi connectivity index (χ2n) is 3.42. The molecule has 1 N–H and O–H groups in total. The Labute approximate surface area is 101 Å². The van der Waals surface area contributed by atoms with E-state index in [4.69, 9.17) is 4.74 Å². The van der Waals surface area contributed by atoms with Gasteiger partial charge < -0.3 is 9.72 Å². The summed E-state index contributed by atoms with van der Waals surface area (Å²) in [5, 5.41) is 0.440. The van der Waals surface area contributed by atoms with E-state index in [9.17, 15) is 9.59 Å². The maximum Gasteiger partial charge on any atom is 0.348 e. The molecule has 17 heavy (non-hydrogen) atoms. The lowest BCUT2D eigenvalue weighted by Crippen LogP contribution is -2.09. The first kappa shape index (κ1) is 11.8. The van der Waals surface area contributed by atoms with Gasteiger partial charge in [-0.15, -0.1) is 11.3 Å². The van der Waals surface area contributed by atoms with E-state index >= 15 is 0 Å². The van der Waals surface area contributed by atoms with Crippen molar-refractivity contribution in [2.45, 2.75) is 20.3 Å². The number of hydrogen-bond acceptors (Lipinski definition) is 5. The Kier molecular flexibility index (Phi) is 3.23. The number of thiophene rings is 1. The first-order valence-electron chi connectivity index (χ1n) is 5.35. The van der Waals surface area contributed by atoms with Gasteiger partial charge in [0.1, 0.15) is 15.5 Å². The van der Waals surface area contributed by atoms with Crippen LogP contribution in [0.1, 0.15) is 29.3 Å². The first-order valence-corrected chi connectivity index (χ1v) is 6.17. The molecule has 5 nitrogen and oxygen atoms in total. The molecule has 2 aromatic rings. The lowest BCUT2D eigenvalue weighted by molar-refractivity contribution is 0.0532. The third-order valence-corrected chi connectivity index (χ3v) is 3.27. The van der Waals surface area contributed by atoms with Crippen LogP contribution in [0.4, 0.5) is 0 Å². The van der Waals surface area contributed by atoms with Gasteiger partial charge in [0, 0.05) is 6.42 Å². The summed E-state index contributed by atoms with van der Waals surface area (Å²) in [4.78, 5) is 31.2. The molecule has 0 aliphatic rings. The van der Waals surface area contributed by atoms with Crippen LogP contribution in [0.3, 0.4) is 0 Å². The molecule has 0 atom stereocenters. The number of ether oxygens (including phenoxy) is 1. The zero-order chi connectivity index (χ0) is 12.4. The van der Waals surface area contributed by atoms with Crippen molar-refractivity contribution < 1.29 is 9.53 Å². The molecule has 0 amide bonds. The number of aromatic nitrogens is 2. The number of nitrogens with one attached hydrogen (secondary N) is 1. The summed E-state index contributed by atoms with van der Waals surface area (Å²) in [7, 11) is 0. The highest BCUT2D eigenvalue weighted by atomic mass is 32.1. The number of H-pyrrole nitrogens is 1. The molecule has 0 aliphatic carbocycles. The van der Waals surface area contributed by atoms with Crippen molar-refractivity contribution in [3.05, 3.63) is 27.1 Å². The van der Waals surface area contributed by atoms with Crippen molar-refractivity contribution in [2.75, 3.05) is 6.61 Å². The zero-order valence-electron chi connectivity index (χ0n) is 9.57. The van der Waals surface area contributed by atoms with Gasteiger partial charge in [-0.25, -0.2) is 9.78 Å². The smallest absolute Gasteiger partial charge is 0.348 e. The number of hydrogen-bond donors (Lipinski definition) is 1. The molecule has 2 rings (SSSR count). The van der Waals surface area contributed by atoms with Crippen molar-refractivity contribution >= 4 is 27.5 Å². The maximum atomic E-state index is 11.7. The number of aryl methyl sites for hydroxylation is 1. The van der Waals surface area contributed by atoms with Crippen molar-refractivity contribution in [1.29, 1.82) is 0 Å². The van der Waals surface area contributed by atoms with Gasteiger partial charge in [-0.2, -0.15) is 0 Å². The molecule has 0 aliphatic heterocycles. The summed E-state index contributed by atoms with van der Waals surface area (Å²) >= 11 is 1.18. The molecule has 6 heteroatoms. The number of aromatic amines is 1. The van der Waals surface area contributed by atoms with Crippen LogP contribution in [-0.2, 0) is 11.2 Å². The Morgan fingerprint density at radius 3 is 2.94 bits per heavy atom. The summed E-state index contributed by atoms with van der Waals surface area (Å²) in [6.45, 7) is 3.96. The molecule has 0 saturated heterocycles. The van der Waals surface area contributed by atoms with Gasteiger partial charge in [-0.05, 0) is 13.0 Å². The number of carbonyl (C=O) groups is 1. The van der Waals surface area contributed by atoms with Crippen LogP contribution in [0.25, 0.3) is 10.2 Å². The predicted octanol–water partition coefficient (Wildman–Crippen LogP) is 1.72. The van der Waals surface area contributed by atoms with E-state index < -0.39 is 5.97 Å². The quantitative estimate of drug-likeness (QED) is 0.844. The van der Waals surface area contributed by atoms with E-state index in [2.05, 4.69) is 9.97 Å². The van der Waals surface area contributed by atoms with E-state index in [0.29, 0.717) is 33.9 Å². The summed E-state index contributed by atoms with van der Waals surface area (Å²) in [5.41, 5.74) is -0.210. The van der Waals surface area contributed by atoms with E-state index in [-0.39, 0.29) is 5.56 Å². The Morgan fingerprint density at radius 2 is 2.29 bits per heavy atom. The third kappa shape index (κ3) is 2.21. The minimum atomic E-state index is -0.409. The molecule has 0 spiro atoms. The van der Waals surface area contributed by atoms with Gasteiger partial charge in [0.05, 0.1) is 12.0 Å². The Hall–Kier alpha value is -1.69. The SMILES string of the molecule is CCOC(=O)c1cc2c(=O)[nH]c(CC)nc2s1. The summed E-state index contributed by atoms with van der Waals surface area (Å²) < 4.78 is 4.89. The van der Waals surface area contributed by atoms with E-state index in [1.165, 1.54) is 17.4 Å². The van der Waals surface area contributed by atoms with Crippen molar-refractivity contribution in [3.63, 3.8) is 0 Å². The minimum Gasteiger partial charge on any atom is -0.462 e. The lowest BCUT2D eigenvalue weighted by atomic mass is 10.3. The standard InChI is InChI=1S/C11H12N2O3S/c1-3-8-12-9(14)6-5-7(11(15)16-4-2)17-10(6)13-8/h5H,3-4H2,1-2H3,(H,12,13,14). The average Bonchev–Trinajstić information content (AvgIpc) is 2.73. The highest BCUT2D eigenvalue weighted by molar-refractivity contribution is 7.20. The zero-order valence-corrected chi connectivity index (χ0v) is 10.4. The Morgan fingerprint density at radius 1 is 1.53 bits per heavy atom. The highest BCUT2D eigenvalue weighted by Crippen LogP contribution is 2.21. The molecule has 90 valence electrons. The molecule has 0 fully saturated rings. The Bertz CT molecular complexity index is 615. The van der Waals surface area contributed by atoms with Crippen molar-refractivity contribution in [3.8, 4) is 0 Å². The Balaban J connectivity index is 2.53. The van der Waals surface area contributed by atoms with Gasteiger partial charge in [-0.1, -0.05) is 6.92 Å². The van der Waals surface area contributed by atoms with E-state index in [1.54, 1.807) is 6.92 Å². The monoisotopic (exact) mass is 252 g/mol. The van der Waals surface area contributed by atoms with Gasteiger partial charge in [-0.3, -0.25) is 4.79 Å². The fraction of sp³-hybridized carbons (Fsp3) is 0.364. The summed E-state index contributed by atoms with van der Waals surface area (Å²) in [6, 6.07) is 1.53.